The largest absolute Gasteiger partial charge is 0.394 e. The number of aliphatic hydroxyl groups excluding tert-OH is 3. The van der Waals surface area contributed by atoms with E-state index in [2.05, 4.69) is 19.2 Å². The molecule has 298 valence electrons. The molecule has 0 bridgehead atoms. The second kappa shape index (κ2) is 40.9. The number of allylic oxidation sites excluding steroid dienone is 1. The monoisotopic (exact) mass is 708 g/mol. The van der Waals surface area contributed by atoms with Crippen LogP contribution in [0.15, 0.2) is 12.2 Å². The molecule has 0 heterocycles. The molecule has 0 aliphatic carbocycles. The smallest absolute Gasteiger partial charge is 0.249 e. The average molecular weight is 708 g/mol. The van der Waals surface area contributed by atoms with Crippen molar-refractivity contribution in [3.8, 4) is 0 Å². The fourth-order valence-corrected chi connectivity index (χ4v) is 7.07. The second-order valence-corrected chi connectivity index (χ2v) is 15.6. The van der Waals surface area contributed by atoms with Gasteiger partial charge in [0.05, 0.1) is 18.8 Å². The van der Waals surface area contributed by atoms with Crippen molar-refractivity contribution in [2.24, 2.45) is 0 Å². The Labute approximate surface area is 312 Å². The average Bonchev–Trinajstić information content (AvgIpc) is 3.12. The first-order chi connectivity index (χ1) is 24.6. The van der Waals surface area contributed by atoms with E-state index in [1.54, 1.807) is 6.08 Å². The summed E-state index contributed by atoms with van der Waals surface area (Å²) in [7, 11) is 0. The van der Waals surface area contributed by atoms with Gasteiger partial charge in [-0.1, -0.05) is 238 Å². The van der Waals surface area contributed by atoms with Crippen molar-refractivity contribution in [3.05, 3.63) is 12.2 Å². The number of nitrogens with one attached hydrogen (secondary N) is 1. The van der Waals surface area contributed by atoms with Crippen LogP contribution in [0, 0.1) is 0 Å². The van der Waals surface area contributed by atoms with Crippen molar-refractivity contribution in [2.75, 3.05) is 6.61 Å². The van der Waals surface area contributed by atoms with Gasteiger partial charge in [-0.15, -0.1) is 0 Å². The van der Waals surface area contributed by atoms with Crippen molar-refractivity contribution in [1.82, 2.24) is 5.32 Å². The number of aliphatic hydroxyl groups is 3. The van der Waals surface area contributed by atoms with E-state index in [1.807, 2.05) is 6.08 Å². The summed E-state index contributed by atoms with van der Waals surface area (Å²) in [6, 6.07) is -0.792. The number of carbonyl (C=O) groups excluding carboxylic acids is 1. The molecule has 0 aromatic carbocycles. The third-order valence-corrected chi connectivity index (χ3v) is 10.6. The summed E-state index contributed by atoms with van der Waals surface area (Å²) in [5.41, 5.74) is 0. The van der Waals surface area contributed by atoms with E-state index in [4.69, 9.17) is 0 Å². The lowest BCUT2D eigenvalue weighted by molar-refractivity contribution is -0.131. The van der Waals surface area contributed by atoms with Crippen LogP contribution in [0.5, 0.6) is 0 Å². The van der Waals surface area contributed by atoms with Gasteiger partial charge in [0.2, 0.25) is 5.91 Å². The Morgan fingerprint density at radius 2 is 0.780 bits per heavy atom. The van der Waals surface area contributed by atoms with Crippen LogP contribution >= 0.6 is 0 Å². The summed E-state index contributed by atoms with van der Waals surface area (Å²) >= 11 is 0. The third kappa shape index (κ3) is 35.5. The Morgan fingerprint density at radius 1 is 0.480 bits per heavy atom. The zero-order valence-electron chi connectivity index (χ0n) is 33.8. The Balaban J connectivity index is 3.64. The number of carbonyl (C=O) groups is 1. The summed E-state index contributed by atoms with van der Waals surface area (Å²) < 4.78 is 0. The van der Waals surface area contributed by atoms with E-state index >= 15 is 0 Å². The molecule has 0 fully saturated rings. The van der Waals surface area contributed by atoms with E-state index in [1.165, 1.54) is 193 Å². The van der Waals surface area contributed by atoms with Gasteiger partial charge in [0, 0.05) is 0 Å². The van der Waals surface area contributed by atoms with Crippen molar-refractivity contribution in [1.29, 1.82) is 0 Å². The van der Waals surface area contributed by atoms with Crippen molar-refractivity contribution < 1.29 is 20.1 Å². The standard InChI is InChI=1S/C45H89NO4/c1-3-5-7-9-11-13-15-17-19-21-23-25-27-29-31-33-35-37-39-43(48)42(41-47)46-45(50)44(49)40-38-36-34-32-30-28-26-24-22-20-18-16-14-12-10-8-6-4-2/h37,39,42-44,47-49H,3-36,38,40-41H2,1-2H3,(H,46,50)/b39-37+. The molecule has 0 aromatic heterocycles. The zero-order valence-corrected chi connectivity index (χ0v) is 33.8. The van der Waals surface area contributed by atoms with Crippen molar-refractivity contribution >= 4 is 5.91 Å². The van der Waals surface area contributed by atoms with Crippen LogP contribution in [0.2, 0.25) is 0 Å². The highest BCUT2D eigenvalue weighted by molar-refractivity contribution is 5.80. The minimum absolute atomic E-state index is 0.359. The molecule has 1 amide bonds. The highest BCUT2D eigenvalue weighted by Gasteiger charge is 2.22. The van der Waals surface area contributed by atoms with E-state index in [0.29, 0.717) is 6.42 Å². The van der Waals surface area contributed by atoms with Gasteiger partial charge in [-0.3, -0.25) is 4.79 Å². The maximum absolute atomic E-state index is 12.5. The SMILES string of the molecule is CCCCCCCCCCCCCCCCCC/C=C/C(O)C(CO)NC(=O)C(O)CCCCCCCCCCCCCCCCCCCC. The van der Waals surface area contributed by atoms with Crippen LogP contribution in [-0.4, -0.2) is 46.1 Å². The fraction of sp³-hybridized carbons (Fsp3) is 0.933. The molecular weight excluding hydrogens is 618 g/mol. The number of unbranched alkanes of at least 4 members (excludes halogenated alkanes) is 33. The predicted molar refractivity (Wildman–Crippen MR) is 218 cm³/mol. The highest BCUT2D eigenvalue weighted by Crippen LogP contribution is 2.16. The molecule has 5 heteroatoms. The minimum atomic E-state index is -1.09. The molecule has 0 rings (SSSR count). The first kappa shape index (κ1) is 49.1. The number of hydrogen-bond acceptors (Lipinski definition) is 4. The predicted octanol–water partition coefficient (Wildman–Crippen LogP) is 12.8. The Hall–Kier alpha value is -0.910. The topological polar surface area (TPSA) is 89.8 Å². The van der Waals surface area contributed by atoms with Crippen LogP contribution in [0.3, 0.4) is 0 Å². The third-order valence-electron chi connectivity index (χ3n) is 10.6. The summed E-state index contributed by atoms with van der Waals surface area (Å²) in [5.74, 6) is -0.499. The maximum Gasteiger partial charge on any atom is 0.249 e. The fourth-order valence-electron chi connectivity index (χ4n) is 7.07. The van der Waals surface area contributed by atoms with E-state index in [-0.39, 0.29) is 6.61 Å². The van der Waals surface area contributed by atoms with Crippen LogP contribution < -0.4 is 5.32 Å². The quantitative estimate of drug-likeness (QED) is 0.0376. The molecule has 4 N–H and O–H groups in total. The van der Waals surface area contributed by atoms with Gasteiger partial charge >= 0.3 is 0 Å². The summed E-state index contributed by atoms with van der Waals surface area (Å²) in [6.45, 7) is 4.20. The Kier molecular flexibility index (Phi) is 40.1. The lowest BCUT2D eigenvalue weighted by atomic mass is 10.0. The number of hydrogen-bond donors (Lipinski definition) is 4. The van der Waals surface area contributed by atoms with Gasteiger partial charge in [-0.25, -0.2) is 0 Å². The molecule has 0 spiro atoms. The van der Waals surface area contributed by atoms with Crippen molar-refractivity contribution in [3.63, 3.8) is 0 Å². The molecule has 0 aromatic rings. The summed E-state index contributed by atoms with van der Waals surface area (Å²) in [5, 5.41) is 33.2. The molecule has 0 saturated carbocycles. The van der Waals surface area contributed by atoms with Crippen LogP contribution in [0.1, 0.15) is 245 Å². The van der Waals surface area contributed by atoms with E-state index in [9.17, 15) is 20.1 Å². The molecule has 0 radical (unpaired) electrons. The lowest BCUT2D eigenvalue weighted by Crippen LogP contribution is -2.48. The summed E-state index contributed by atoms with van der Waals surface area (Å²) in [6.07, 6.45) is 48.1. The molecule has 0 saturated heterocycles. The van der Waals surface area contributed by atoms with Gasteiger partial charge in [-0.2, -0.15) is 0 Å². The molecule has 5 nitrogen and oxygen atoms in total. The van der Waals surface area contributed by atoms with Gasteiger partial charge in [-0.05, 0) is 19.3 Å². The highest BCUT2D eigenvalue weighted by atomic mass is 16.3. The normalized spacial score (nSPS) is 13.6. The number of amides is 1. The molecule has 50 heavy (non-hydrogen) atoms. The first-order valence-electron chi connectivity index (χ1n) is 22.5. The minimum Gasteiger partial charge on any atom is -0.394 e. The van der Waals surface area contributed by atoms with Gasteiger partial charge < -0.3 is 20.6 Å². The molecule has 0 aliphatic rings. The maximum atomic E-state index is 12.5. The van der Waals surface area contributed by atoms with Gasteiger partial charge in [0.1, 0.15) is 6.10 Å². The molecule has 3 atom stereocenters. The van der Waals surface area contributed by atoms with Crippen LogP contribution in [0.25, 0.3) is 0 Å². The Bertz CT molecular complexity index is 699. The lowest BCUT2D eigenvalue weighted by Gasteiger charge is -2.21. The van der Waals surface area contributed by atoms with Gasteiger partial charge in [0.15, 0.2) is 0 Å². The second-order valence-electron chi connectivity index (χ2n) is 15.6. The van der Waals surface area contributed by atoms with Crippen molar-refractivity contribution in [2.45, 2.75) is 263 Å². The van der Waals surface area contributed by atoms with Crippen LogP contribution in [-0.2, 0) is 4.79 Å². The van der Waals surface area contributed by atoms with E-state index in [0.717, 1.165) is 32.1 Å². The van der Waals surface area contributed by atoms with Gasteiger partial charge in [0.25, 0.3) is 0 Å². The van der Waals surface area contributed by atoms with E-state index < -0.39 is 24.2 Å². The molecule has 0 aliphatic heterocycles. The summed E-state index contributed by atoms with van der Waals surface area (Å²) in [4.78, 5) is 12.5. The molecule has 3 unspecified atom stereocenters. The van der Waals surface area contributed by atoms with Crippen LogP contribution in [0.4, 0.5) is 0 Å². The Morgan fingerprint density at radius 3 is 1.10 bits per heavy atom. The molecular formula is C45H89NO4. The number of rotatable bonds is 41. The first-order valence-corrected chi connectivity index (χ1v) is 22.5. The zero-order chi connectivity index (χ0) is 36.6.